The molecule has 0 aromatic heterocycles. The van der Waals surface area contributed by atoms with E-state index in [9.17, 15) is 0 Å². The van der Waals surface area contributed by atoms with E-state index in [0.29, 0.717) is 0 Å². The fourth-order valence-electron chi connectivity index (χ4n) is 0.460. The molecule has 1 rings (SSSR count). The number of ether oxygens (including phenoxy) is 1. The van der Waals surface area contributed by atoms with Crippen molar-refractivity contribution in [3.05, 3.63) is 30.3 Å². The van der Waals surface area contributed by atoms with E-state index in [4.69, 9.17) is 4.74 Å². The minimum absolute atomic E-state index is 0.753. The van der Waals surface area contributed by atoms with Crippen molar-refractivity contribution in [2.24, 2.45) is 0 Å². The summed E-state index contributed by atoms with van der Waals surface area (Å²) < 4.78 is 4.84. The van der Waals surface area contributed by atoms with Crippen LogP contribution in [0.1, 0.15) is 0 Å². The molecule has 58 valence electrons. The standard InChI is InChI=1S/C7H6O.2BrH.2Zn/c1-8-7-5-3-2-4-6-7;;;;/h3-5H,1H3;2*1H;;/q-2;;;2*+2/p-2. The van der Waals surface area contributed by atoms with Gasteiger partial charge in [-0.2, -0.15) is 0 Å². The van der Waals surface area contributed by atoms with Gasteiger partial charge in [-0.1, -0.05) is 0 Å². The first-order chi connectivity index (χ1) is 5.93. The molecule has 0 fully saturated rings. The zero-order chi connectivity index (χ0) is 9.82. The molecule has 0 spiro atoms. The SMILES string of the molecule is COc1[c-]c[c-]cc1.[Zn+][Br].[Zn+][Br]. The Balaban J connectivity index is 0. The quantitative estimate of drug-likeness (QED) is 0.524. The topological polar surface area (TPSA) is 9.23 Å². The van der Waals surface area contributed by atoms with Crippen molar-refractivity contribution < 1.29 is 37.4 Å². The summed E-state index contributed by atoms with van der Waals surface area (Å²) in [5, 5.41) is 0. The third kappa shape index (κ3) is 9.32. The van der Waals surface area contributed by atoms with Gasteiger partial charge in [0.2, 0.25) is 0 Å². The van der Waals surface area contributed by atoms with Crippen molar-refractivity contribution in [1.82, 2.24) is 0 Å². The number of halogens is 2. The van der Waals surface area contributed by atoms with E-state index in [1.54, 1.807) is 25.3 Å². The first-order valence-corrected chi connectivity index (χ1v) is 16.8. The molecule has 1 aromatic carbocycles. The van der Waals surface area contributed by atoms with E-state index in [2.05, 4.69) is 39.4 Å². The van der Waals surface area contributed by atoms with E-state index in [0.717, 1.165) is 5.75 Å². The van der Waals surface area contributed by atoms with Gasteiger partial charge < -0.3 is 22.9 Å². The Labute approximate surface area is 107 Å². The summed E-state index contributed by atoms with van der Waals surface area (Å²) in [6.45, 7) is 0. The Morgan fingerprint density at radius 1 is 1.33 bits per heavy atom. The second-order valence-electron chi connectivity index (χ2n) is 1.36. The molecule has 0 saturated heterocycles. The first kappa shape index (κ1) is 15.7. The molecule has 0 saturated carbocycles. The summed E-state index contributed by atoms with van der Waals surface area (Å²) >= 11 is 8.50. The van der Waals surface area contributed by atoms with Crippen LogP contribution in [0.5, 0.6) is 5.75 Å². The molecular formula is C7H6Br2OZn2. The van der Waals surface area contributed by atoms with Crippen molar-refractivity contribution in [3.8, 4) is 5.75 Å². The number of hydrogen-bond acceptors (Lipinski definition) is 1. The Hall–Kier alpha value is 1.23. The van der Waals surface area contributed by atoms with E-state index in [1.807, 2.05) is 0 Å². The van der Waals surface area contributed by atoms with Crippen LogP contribution in [0.15, 0.2) is 18.2 Å². The maximum absolute atomic E-state index is 4.84. The van der Waals surface area contributed by atoms with Crippen molar-refractivity contribution in [3.63, 3.8) is 0 Å². The van der Waals surface area contributed by atoms with Crippen LogP contribution < -0.4 is 4.74 Å². The van der Waals surface area contributed by atoms with Crippen LogP contribution >= 0.6 is 27.2 Å². The zero-order valence-corrected chi connectivity index (χ0v) is 15.9. The number of hydrogen-bond donors (Lipinski definition) is 0. The number of methoxy groups -OCH3 is 1. The van der Waals surface area contributed by atoms with E-state index < -0.39 is 0 Å². The van der Waals surface area contributed by atoms with Crippen LogP contribution in [0.25, 0.3) is 0 Å². The van der Waals surface area contributed by atoms with Gasteiger partial charge in [0.1, 0.15) is 0 Å². The molecule has 1 nitrogen and oxygen atoms in total. The summed E-state index contributed by atoms with van der Waals surface area (Å²) in [5.74, 6) is 0.753. The van der Waals surface area contributed by atoms with E-state index in [-0.39, 0.29) is 0 Å². The second kappa shape index (κ2) is 14.7. The molecule has 0 amide bonds. The summed E-state index contributed by atoms with van der Waals surface area (Å²) in [4.78, 5) is 0. The normalized spacial score (nSPS) is 6.92. The van der Waals surface area contributed by atoms with Crippen molar-refractivity contribution in [1.29, 1.82) is 0 Å². The molecular weight excluding hydrogens is 391 g/mol. The Morgan fingerprint density at radius 3 is 2.17 bits per heavy atom. The predicted octanol–water partition coefficient (Wildman–Crippen LogP) is 2.98. The average Bonchev–Trinajstić information content (AvgIpc) is 2.25. The van der Waals surface area contributed by atoms with Crippen molar-refractivity contribution in [2.75, 3.05) is 7.11 Å². The van der Waals surface area contributed by atoms with Gasteiger partial charge in [-0.25, -0.2) is 6.07 Å². The molecule has 0 aliphatic heterocycles. The third-order valence-corrected chi connectivity index (χ3v) is 0.849. The van der Waals surface area contributed by atoms with E-state index >= 15 is 0 Å². The van der Waals surface area contributed by atoms with E-state index in [1.165, 1.54) is 32.7 Å². The molecule has 0 atom stereocenters. The van der Waals surface area contributed by atoms with Crippen molar-refractivity contribution in [2.45, 2.75) is 0 Å². The van der Waals surface area contributed by atoms with Gasteiger partial charge in [-0.15, -0.1) is 5.75 Å². The summed E-state index contributed by atoms with van der Waals surface area (Å²) in [6.07, 6.45) is 0. The van der Waals surface area contributed by atoms with Gasteiger partial charge in [0.05, 0.1) is 7.11 Å². The first-order valence-electron chi connectivity index (χ1n) is 2.88. The Bertz CT molecular complexity index is 161. The Morgan fingerprint density at radius 2 is 1.92 bits per heavy atom. The zero-order valence-electron chi connectivity index (χ0n) is 6.81. The average molecular weight is 397 g/mol. The van der Waals surface area contributed by atoms with Gasteiger partial charge in [0.15, 0.2) is 0 Å². The number of benzene rings is 1. The summed E-state index contributed by atoms with van der Waals surface area (Å²) in [7, 11) is 1.62. The minimum atomic E-state index is 0.753. The fourth-order valence-corrected chi connectivity index (χ4v) is 0.460. The summed E-state index contributed by atoms with van der Waals surface area (Å²) in [5.41, 5.74) is 0. The van der Waals surface area contributed by atoms with Crippen LogP contribution in [0, 0.1) is 12.1 Å². The fraction of sp³-hybridized carbons (Fsp3) is 0.143. The molecule has 5 heteroatoms. The van der Waals surface area contributed by atoms with Crippen LogP contribution in [-0.4, -0.2) is 7.11 Å². The third-order valence-electron chi connectivity index (χ3n) is 0.849. The van der Waals surface area contributed by atoms with Crippen LogP contribution in [0.2, 0.25) is 0 Å². The summed E-state index contributed by atoms with van der Waals surface area (Å²) in [6, 6.07) is 11.0. The molecule has 12 heavy (non-hydrogen) atoms. The predicted molar refractivity (Wildman–Crippen MR) is 48.5 cm³/mol. The molecule has 0 unspecified atom stereocenters. The van der Waals surface area contributed by atoms with Crippen LogP contribution in [0.4, 0.5) is 0 Å². The molecule has 0 aliphatic rings. The van der Waals surface area contributed by atoms with Gasteiger partial charge in [0, 0.05) is 0 Å². The van der Waals surface area contributed by atoms with Crippen LogP contribution in [0.3, 0.4) is 0 Å². The molecule has 0 radical (unpaired) electrons. The van der Waals surface area contributed by atoms with Gasteiger partial charge in [0.25, 0.3) is 0 Å². The van der Waals surface area contributed by atoms with Gasteiger partial charge in [-0.3, -0.25) is 6.07 Å². The van der Waals surface area contributed by atoms with Crippen molar-refractivity contribution >= 4 is 27.2 Å². The molecule has 0 aliphatic carbocycles. The van der Waals surface area contributed by atoms with Crippen LogP contribution in [-0.2, 0) is 32.7 Å². The number of rotatable bonds is 1. The molecule has 1 aromatic rings. The monoisotopic (exact) mass is 392 g/mol. The molecule has 0 bridgehead atoms. The second-order valence-corrected chi connectivity index (χ2v) is 1.36. The van der Waals surface area contributed by atoms with Gasteiger partial charge >= 0.3 is 59.9 Å². The Kier molecular flexibility index (Phi) is 19.3. The maximum atomic E-state index is 4.84. The molecule has 0 N–H and O–H groups in total. The van der Waals surface area contributed by atoms with Gasteiger partial charge in [-0.05, 0) is 0 Å². The molecule has 0 heterocycles.